The van der Waals surface area contributed by atoms with Gasteiger partial charge in [0.1, 0.15) is 0 Å². The lowest BCUT2D eigenvalue weighted by atomic mass is 10.1. The van der Waals surface area contributed by atoms with E-state index in [0.29, 0.717) is 0 Å². The van der Waals surface area contributed by atoms with Crippen LogP contribution in [0.4, 0.5) is 0 Å². The molecule has 0 saturated heterocycles. The molecule has 2 aromatic rings. The fourth-order valence-electron chi connectivity index (χ4n) is 2.41. The first-order valence-electron chi connectivity index (χ1n) is 6.51. The van der Waals surface area contributed by atoms with E-state index in [4.69, 9.17) is 0 Å². The van der Waals surface area contributed by atoms with Crippen molar-refractivity contribution in [3.63, 3.8) is 0 Å². The van der Waals surface area contributed by atoms with Crippen molar-refractivity contribution in [2.75, 3.05) is 12.3 Å². The lowest BCUT2D eigenvalue weighted by molar-refractivity contribution is 0.638. The van der Waals surface area contributed by atoms with E-state index in [1.165, 1.54) is 27.4 Å². The standard InChI is InChI=1S/C15H18N2S/c1-2-18-13-5-3-11(4-6-13)15-9-12-10-16-8-7-14(12)17-15/h3-6,9,16-17H,2,7-8,10H2,1H3. The number of aromatic amines is 1. The van der Waals surface area contributed by atoms with Crippen molar-refractivity contribution < 1.29 is 0 Å². The Morgan fingerprint density at radius 2 is 2.06 bits per heavy atom. The van der Waals surface area contributed by atoms with Gasteiger partial charge < -0.3 is 10.3 Å². The number of aromatic nitrogens is 1. The third kappa shape index (κ3) is 2.33. The van der Waals surface area contributed by atoms with Crippen LogP contribution >= 0.6 is 11.8 Å². The predicted octanol–water partition coefficient (Wildman–Crippen LogP) is 3.44. The van der Waals surface area contributed by atoms with Gasteiger partial charge in [-0.25, -0.2) is 0 Å². The number of H-pyrrole nitrogens is 1. The van der Waals surface area contributed by atoms with E-state index in [0.717, 1.165) is 25.3 Å². The largest absolute Gasteiger partial charge is 0.358 e. The van der Waals surface area contributed by atoms with E-state index >= 15 is 0 Å². The SMILES string of the molecule is CCSc1ccc(-c2cc3c([nH]2)CCNC3)cc1. The zero-order chi connectivity index (χ0) is 12.4. The second-order valence-electron chi connectivity index (χ2n) is 4.57. The maximum absolute atomic E-state index is 3.55. The Morgan fingerprint density at radius 3 is 2.78 bits per heavy atom. The van der Waals surface area contributed by atoms with Crippen LogP contribution in [0.2, 0.25) is 0 Å². The van der Waals surface area contributed by atoms with Crippen LogP contribution in [0.5, 0.6) is 0 Å². The Kier molecular flexibility index (Phi) is 3.43. The summed E-state index contributed by atoms with van der Waals surface area (Å²) in [6.45, 7) is 4.26. The van der Waals surface area contributed by atoms with E-state index in [9.17, 15) is 0 Å². The van der Waals surface area contributed by atoms with Crippen LogP contribution in [0.15, 0.2) is 35.2 Å². The average Bonchev–Trinajstić information content (AvgIpc) is 2.84. The van der Waals surface area contributed by atoms with Gasteiger partial charge in [-0.1, -0.05) is 19.1 Å². The normalized spacial score (nSPS) is 14.5. The summed E-state index contributed by atoms with van der Waals surface area (Å²) in [6.07, 6.45) is 1.11. The Balaban J connectivity index is 1.87. The molecule has 3 rings (SSSR count). The molecule has 18 heavy (non-hydrogen) atoms. The Bertz CT molecular complexity index is 504. The predicted molar refractivity (Wildman–Crippen MR) is 78.0 cm³/mol. The molecule has 0 unspecified atom stereocenters. The van der Waals surface area contributed by atoms with Gasteiger partial charge in [-0.15, -0.1) is 11.8 Å². The molecule has 0 atom stereocenters. The molecule has 3 heteroatoms. The second kappa shape index (κ2) is 5.21. The van der Waals surface area contributed by atoms with Crippen LogP contribution in [-0.4, -0.2) is 17.3 Å². The highest BCUT2D eigenvalue weighted by molar-refractivity contribution is 7.99. The van der Waals surface area contributed by atoms with Crippen LogP contribution < -0.4 is 5.32 Å². The van der Waals surface area contributed by atoms with Crippen molar-refractivity contribution in [1.29, 1.82) is 0 Å². The monoisotopic (exact) mass is 258 g/mol. The number of benzene rings is 1. The first kappa shape index (κ1) is 11.9. The van der Waals surface area contributed by atoms with Gasteiger partial charge in [0.15, 0.2) is 0 Å². The highest BCUT2D eigenvalue weighted by atomic mass is 32.2. The molecular formula is C15H18N2S. The number of hydrogen-bond donors (Lipinski definition) is 2. The van der Waals surface area contributed by atoms with Gasteiger partial charge in [-0.2, -0.15) is 0 Å². The summed E-state index contributed by atoms with van der Waals surface area (Å²) in [5.41, 5.74) is 5.35. The van der Waals surface area contributed by atoms with E-state index in [1.54, 1.807) is 0 Å². The summed E-state index contributed by atoms with van der Waals surface area (Å²) in [5, 5.41) is 3.41. The summed E-state index contributed by atoms with van der Waals surface area (Å²) >= 11 is 1.89. The molecule has 94 valence electrons. The molecule has 0 spiro atoms. The maximum atomic E-state index is 3.55. The van der Waals surface area contributed by atoms with Crippen LogP contribution in [-0.2, 0) is 13.0 Å². The average molecular weight is 258 g/mol. The van der Waals surface area contributed by atoms with Gasteiger partial charge in [0, 0.05) is 35.8 Å². The summed E-state index contributed by atoms with van der Waals surface area (Å²) in [5.74, 6) is 1.13. The first-order valence-corrected chi connectivity index (χ1v) is 7.50. The van der Waals surface area contributed by atoms with Gasteiger partial charge in [0.25, 0.3) is 0 Å². The number of thioether (sulfide) groups is 1. The van der Waals surface area contributed by atoms with Crippen LogP contribution in [0.1, 0.15) is 18.2 Å². The summed E-state index contributed by atoms with van der Waals surface area (Å²) < 4.78 is 0. The maximum Gasteiger partial charge on any atom is 0.0459 e. The minimum absolute atomic E-state index is 0.996. The van der Waals surface area contributed by atoms with Gasteiger partial charge in [0.05, 0.1) is 0 Å². The van der Waals surface area contributed by atoms with Gasteiger partial charge in [-0.3, -0.25) is 0 Å². The Hall–Kier alpha value is -1.19. The molecule has 0 aliphatic carbocycles. The Labute approximate surface area is 112 Å². The highest BCUT2D eigenvalue weighted by Crippen LogP contribution is 2.26. The molecule has 0 saturated carbocycles. The molecule has 1 aromatic carbocycles. The van der Waals surface area contributed by atoms with E-state index in [-0.39, 0.29) is 0 Å². The lowest BCUT2D eigenvalue weighted by Crippen LogP contribution is -2.22. The first-order chi connectivity index (χ1) is 8.86. The fraction of sp³-hybridized carbons (Fsp3) is 0.333. The molecule has 1 aliphatic heterocycles. The third-order valence-corrected chi connectivity index (χ3v) is 4.23. The minimum Gasteiger partial charge on any atom is -0.358 e. The minimum atomic E-state index is 0.996. The smallest absolute Gasteiger partial charge is 0.0459 e. The third-order valence-electron chi connectivity index (χ3n) is 3.34. The van der Waals surface area contributed by atoms with Gasteiger partial charge in [0.2, 0.25) is 0 Å². The van der Waals surface area contributed by atoms with E-state index < -0.39 is 0 Å². The molecule has 2 N–H and O–H groups in total. The van der Waals surface area contributed by atoms with Gasteiger partial charge in [-0.05, 0) is 35.1 Å². The fourth-order valence-corrected chi connectivity index (χ4v) is 3.07. The molecular weight excluding hydrogens is 240 g/mol. The van der Waals surface area contributed by atoms with Crippen molar-refractivity contribution in [3.05, 3.63) is 41.6 Å². The van der Waals surface area contributed by atoms with Crippen LogP contribution in [0, 0.1) is 0 Å². The van der Waals surface area contributed by atoms with Crippen LogP contribution in [0.25, 0.3) is 11.3 Å². The van der Waals surface area contributed by atoms with E-state index in [2.05, 4.69) is 47.6 Å². The topological polar surface area (TPSA) is 27.8 Å². The number of hydrogen-bond acceptors (Lipinski definition) is 2. The zero-order valence-electron chi connectivity index (χ0n) is 10.6. The summed E-state index contributed by atoms with van der Waals surface area (Å²) in [7, 11) is 0. The summed E-state index contributed by atoms with van der Waals surface area (Å²) in [6, 6.07) is 11.1. The van der Waals surface area contributed by atoms with Crippen molar-refractivity contribution in [1.82, 2.24) is 10.3 Å². The van der Waals surface area contributed by atoms with Gasteiger partial charge >= 0.3 is 0 Å². The molecule has 0 amide bonds. The number of rotatable bonds is 3. The van der Waals surface area contributed by atoms with Crippen molar-refractivity contribution >= 4 is 11.8 Å². The van der Waals surface area contributed by atoms with Crippen molar-refractivity contribution in [2.45, 2.75) is 24.8 Å². The highest BCUT2D eigenvalue weighted by Gasteiger charge is 2.12. The molecule has 1 aliphatic rings. The molecule has 1 aromatic heterocycles. The molecule has 0 radical (unpaired) electrons. The number of fused-ring (bicyclic) bond motifs is 1. The molecule has 2 nitrogen and oxygen atoms in total. The van der Waals surface area contributed by atoms with Crippen molar-refractivity contribution in [2.24, 2.45) is 0 Å². The quantitative estimate of drug-likeness (QED) is 0.825. The van der Waals surface area contributed by atoms with E-state index in [1.807, 2.05) is 11.8 Å². The summed E-state index contributed by atoms with van der Waals surface area (Å²) in [4.78, 5) is 4.90. The Morgan fingerprint density at radius 1 is 1.22 bits per heavy atom. The molecule has 0 fully saturated rings. The van der Waals surface area contributed by atoms with Crippen LogP contribution in [0.3, 0.4) is 0 Å². The molecule has 2 heterocycles. The number of nitrogens with one attached hydrogen (secondary N) is 2. The zero-order valence-corrected chi connectivity index (χ0v) is 11.4. The van der Waals surface area contributed by atoms with Crippen molar-refractivity contribution in [3.8, 4) is 11.3 Å². The molecule has 0 bridgehead atoms. The lowest BCUT2D eigenvalue weighted by Gasteiger charge is -2.11. The second-order valence-corrected chi connectivity index (χ2v) is 5.91.